The van der Waals surface area contributed by atoms with Crippen LogP contribution in [0.3, 0.4) is 0 Å². The van der Waals surface area contributed by atoms with E-state index in [0.29, 0.717) is 5.69 Å². The maximum atomic E-state index is 14.6. The molecule has 3 rings (SSSR count). The van der Waals surface area contributed by atoms with Crippen molar-refractivity contribution >= 4 is 35.0 Å². The summed E-state index contributed by atoms with van der Waals surface area (Å²) in [7, 11) is 0. The molecule has 1 saturated heterocycles. The highest BCUT2D eigenvalue weighted by molar-refractivity contribution is 7.16. The molecule has 2 heterocycles. The van der Waals surface area contributed by atoms with Crippen molar-refractivity contribution in [3.05, 3.63) is 29.0 Å². The molecule has 0 spiro atoms. The molecule has 0 aliphatic carbocycles. The lowest BCUT2D eigenvalue weighted by Gasteiger charge is -2.14. The fraction of sp³-hybridized carbons (Fsp3) is 0.353. The quantitative estimate of drug-likeness (QED) is 0.728. The third-order valence-electron chi connectivity index (χ3n) is 3.82. The van der Waals surface area contributed by atoms with Gasteiger partial charge in [0.05, 0.1) is 25.4 Å². The lowest BCUT2D eigenvalue weighted by molar-refractivity contribution is -0.119. The van der Waals surface area contributed by atoms with Crippen molar-refractivity contribution in [2.75, 3.05) is 24.6 Å². The Bertz CT molecular complexity index is 919. The van der Waals surface area contributed by atoms with E-state index in [-0.39, 0.29) is 41.2 Å². The van der Waals surface area contributed by atoms with E-state index in [2.05, 4.69) is 15.5 Å². The van der Waals surface area contributed by atoms with Gasteiger partial charge in [0.25, 0.3) is 0 Å². The minimum atomic E-state index is -0.623. The van der Waals surface area contributed by atoms with E-state index in [1.165, 1.54) is 24.0 Å². The lowest BCUT2D eigenvalue weighted by Crippen LogP contribution is -2.33. The zero-order valence-electron chi connectivity index (χ0n) is 15.1. The number of anilines is 1. The lowest BCUT2D eigenvalue weighted by atomic mass is 10.2. The predicted octanol–water partition coefficient (Wildman–Crippen LogP) is 1.98. The molecule has 1 aromatic heterocycles. The van der Waals surface area contributed by atoms with Crippen molar-refractivity contribution in [2.45, 2.75) is 20.0 Å². The SMILES string of the molecule is CCOC(=O)c1nnc(-c2ccc(N3C[C@H](CNC(C)=O)OC3=O)cc2F)s1. The Morgan fingerprint density at radius 2 is 2.21 bits per heavy atom. The van der Waals surface area contributed by atoms with Gasteiger partial charge in [-0.05, 0) is 25.1 Å². The number of halogens is 1. The summed E-state index contributed by atoms with van der Waals surface area (Å²) in [5.41, 5.74) is 0.464. The van der Waals surface area contributed by atoms with Gasteiger partial charge < -0.3 is 14.8 Å². The zero-order chi connectivity index (χ0) is 20.3. The van der Waals surface area contributed by atoms with Crippen LogP contribution in [0.15, 0.2) is 18.2 Å². The molecule has 1 N–H and O–H groups in total. The fourth-order valence-corrected chi connectivity index (χ4v) is 3.31. The molecule has 9 nitrogen and oxygen atoms in total. The molecule has 1 atom stereocenters. The molecule has 0 radical (unpaired) electrons. The number of benzene rings is 1. The first-order valence-electron chi connectivity index (χ1n) is 8.42. The van der Waals surface area contributed by atoms with Gasteiger partial charge in [0.15, 0.2) is 5.01 Å². The number of esters is 1. The second-order valence-electron chi connectivity index (χ2n) is 5.85. The summed E-state index contributed by atoms with van der Waals surface area (Å²) in [5, 5.41) is 10.4. The highest BCUT2D eigenvalue weighted by Crippen LogP contribution is 2.30. The summed E-state index contributed by atoms with van der Waals surface area (Å²) in [4.78, 5) is 36.0. The van der Waals surface area contributed by atoms with Crippen molar-refractivity contribution in [1.82, 2.24) is 15.5 Å². The summed E-state index contributed by atoms with van der Waals surface area (Å²) < 4.78 is 24.6. The molecule has 0 saturated carbocycles. The van der Waals surface area contributed by atoms with Gasteiger partial charge in [-0.15, -0.1) is 10.2 Å². The molecule has 2 amide bonds. The van der Waals surface area contributed by atoms with Crippen LogP contribution in [0.1, 0.15) is 23.6 Å². The number of rotatable bonds is 6. The van der Waals surface area contributed by atoms with Crippen LogP contribution in [0.5, 0.6) is 0 Å². The average molecular weight is 408 g/mol. The monoisotopic (exact) mass is 408 g/mol. The van der Waals surface area contributed by atoms with Crippen molar-refractivity contribution in [3.63, 3.8) is 0 Å². The highest BCUT2D eigenvalue weighted by atomic mass is 32.1. The number of ether oxygens (including phenoxy) is 2. The average Bonchev–Trinajstić information content (AvgIpc) is 3.27. The third kappa shape index (κ3) is 4.25. The van der Waals surface area contributed by atoms with E-state index in [1.807, 2.05) is 0 Å². The Morgan fingerprint density at radius 3 is 2.89 bits per heavy atom. The second kappa shape index (κ2) is 8.30. The number of cyclic esters (lactones) is 1. The Balaban J connectivity index is 1.75. The Kier molecular flexibility index (Phi) is 5.83. The zero-order valence-corrected chi connectivity index (χ0v) is 15.9. The van der Waals surface area contributed by atoms with E-state index in [1.54, 1.807) is 13.0 Å². The van der Waals surface area contributed by atoms with Crippen molar-refractivity contribution < 1.29 is 28.2 Å². The van der Waals surface area contributed by atoms with E-state index in [0.717, 1.165) is 11.3 Å². The van der Waals surface area contributed by atoms with Crippen LogP contribution in [-0.4, -0.2) is 54.0 Å². The van der Waals surface area contributed by atoms with Crippen LogP contribution in [-0.2, 0) is 14.3 Å². The van der Waals surface area contributed by atoms with Gasteiger partial charge in [-0.25, -0.2) is 14.0 Å². The molecule has 1 aliphatic heterocycles. The molecule has 1 aliphatic rings. The third-order valence-corrected chi connectivity index (χ3v) is 4.76. The standard InChI is InChI=1S/C17H17FN4O5S/c1-3-26-16(24)15-21-20-14(28-15)12-5-4-10(6-13(12)18)22-8-11(27-17(22)25)7-19-9(2)23/h4-6,11H,3,7-8H2,1-2H3,(H,19,23)/t11-/m0/s1. The predicted molar refractivity (Wildman–Crippen MR) is 97.6 cm³/mol. The first-order chi connectivity index (χ1) is 13.4. The first-order valence-corrected chi connectivity index (χ1v) is 9.23. The molecule has 1 fully saturated rings. The van der Waals surface area contributed by atoms with Crippen LogP contribution < -0.4 is 10.2 Å². The summed E-state index contributed by atoms with van der Waals surface area (Å²) in [6.45, 7) is 3.60. The van der Waals surface area contributed by atoms with Gasteiger partial charge in [-0.3, -0.25) is 9.69 Å². The fourth-order valence-electron chi connectivity index (χ4n) is 2.55. The van der Waals surface area contributed by atoms with Gasteiger partial charge in [0.2, 0.25) is 10.9 Å². The normalized spacial score (nSPS) is 16.0. The Morgan fingerprint density at radius 1 is 1.43 bits per heavy atom. The van der Waals surface area contributed by atoms with E-state index in [9.17, 15) is 18.8 Å². The van der Waals surface area contributed by atoms with Gasteiger partial charge in [-0.1, -0.05) is 11.3 Å². The van der Waals surface area contributed by atoms with Crippen molar-refractivity contribution in [2.24, 2.45) is 0 Å². The van der Waals surface area contributed by atoms with E-state index < -0.39 is 24.0 Å². The van der Waals surface area contributed by atoms with E-state index >= 15 is 0 Å². The van der Waals surface area contributed by atoms with Gasteiger partial charge in [0, 0.05) is 12.5 Å². The number of hydrogen-bond donors (Lipinski definition) is 1. The molecular weight excluding hydrogens is 391 g/mol. The summed E-state index contributed by atoms with van der Waals surface area (Å²) >= 11 is 0.914. The first kappa shape index (κ1) is 19.7. The summed E-state index contributed by atoms with van der Waals surface area (Å²) in [6, 6.07) is 4.18. The van der Waals surface area contributed by atoms with Crippen molar-refractivity contribution in [3.8, 4) is 10.6 Å². The largest absolute Gasteiger partial charge is 0.461 e. The molecule has 1 aromatic carbocycles. The number of nitrogens with zero attached hydrogens (tertiary/aromatic N) is 3. The van der Waals surface area contributed by atoms with Crippen LogP contribution in [0, 0.1) is 5.82 Å². The Labute approximate surface area is 163 Å². The minimum Gasteiger partial charge on any atom is -0.461 e. The molecule has 2 aromatic rings. The van der Waals surface area contributed by atoms with Crippen LogP contribution in [0.2, 0.25) is 0 Å². The number of carbonyl (C=O) groups is 3. The highest BCUT2D eigenvalue weighted by Gasteiger charge is 2.33. The topological polar surface area (TPSA) is 111 Å². The molecule has 0 unspecified atom stereocenters. The number of carbonyl (C=O) groups excluding carboxylic acids is 3. The van der Waals surface area contributed by atoms with Crippen molar-refractivity contribution in [1.29, 1.82) is 0 Å². The summed E-state index contributed by atoms with van der Waals surface area (Å²) in [5.74, 6) is -1.47. The second-order valence-corrected chi connectivity index (χ2v) is 6.83. The van der Waals surface area contributed by atoms with E-state index in [4.69, 9.17) is 9.47 Å². The van der Waals surface area contributed by atoms with Gasteiger partial charge in [-0.2, -0.15) is 0 Å². The maximum Gasteiger partial charge on any atom is 0.414 e. The van der Waals surface area contributed by atoms with Crippen LogP contribution >= 0.6 is 11.3 Å². The minimum absolute atomic E-state index is 0.0317. The van der Waals surface area contributed by atoms with Crippen LogP contribution in [0.4, 0.5) is 14.9 Å². The van der Waals surface area contributed by atoms with Gasteiger partial charge >= 0.3 is 12.1 Å². The number of aromatic nitrogens is 2. The molecule has 11 heteroatoms. The Hall–Kier alpha value is -3.08. The maximum absolute atomic E-state index is 14.6. The molecule has 0 bridgehead atoms. The smallest absolute Gasteiger partial charge is 0.414 e. The molecule has 148 valence electrons. The molecule has 28 heavy (non-hydrogen) atoms. The molecular formula is C17H17FN4O5S. The van der Waals surface area contributed by atoms with Gasteiger partial charge in [0.1, 0.15) is 11.9 Å². The van der Waals surface area contributed by atoms with Crippen LogP contribution in [0.25, 0.3) is 10.6 Å². The number of amides is 2. The summed E-state index contributed by atoms with van der Waals surface area (Å²) in [6.07, 6.45) is -1.14. The number of nitrogens with one attached hydrogen (secondary N) is 1. The number of hydrogen-bond acceptors (Lipinski definition) is 8.